The molecule has 0 spiro atoms. The Bertz CT molecular complexity index is 579. The third-order valence-electron chi connectivity index (χ3n) is 2.07. The van der Waals surface area contributed by atoms with Crippen molar-refractivity contribution >= 4 is 5.97 Å². The first-order valence-corrected chi connectivity index (χ1v) is 5.00. The van der Waals surface area contributed by atoms with E-state index in [-0.39, 0.29) is 5.69 Å². The second-order valence-electron chi connectivity index (χ2n) is 3.25. The lowest BCUT2D eigenvalue weighted by Crippen LogP contribution is -1.96. The molecular formula is C11H9N5O2. The average molecular weight is 243 g/mol. The smallest absolute Gasteiger partial charge is 0.354 e. The zero-order valence-electron chi connectivity index (χ0n) is 9.19. The van der Waals surface area contributed by atoms with Crippen molar-refractivity contribution in [3.8, 4) is 11.1 Å². The molecule has 3 rings (SSSR count). The van der Waals surface area contributed by atoms with E-state index in [0.29, 0.717) is 0 Å². The molecule has 7 heteroatoms. The molecule has 0 saturated carbocycles. The fourth-order valence-electron chi connectivity index (χ4n) is 1.27. The summed E-state index contributed by atoms with van der Waals surface area (Å²) in [5, 5.41) is 18.0. The normalized spacial score (nSPS) is 9.56. The summed E-state index contributed by atoms with van der Waals surface area (Å²) in [6, 6.07) is 3.24. The van der Waals surface area contributed by atoms with Crippen molar-refractivity contribution in [3.05, 3.63) is 48.8 Å². The van der Waals surface area contributed by atoms with Gasteiger partial charge in [-0.25, -0.2) is 9.78 Å². The van der Waals surface area contributed by atoms with E-state index >= 15 is 0 Å². The molecule has 18 heavy (non-hydrogen) atoms. The first kappa shape index (κ1) is 11.6. The molecule has 2 aliphatic heterocycles. The molecular weight excluding hydrogens is 234 g/mol. The molecule has 0 aromatic carbocycles. The number of carbonyl (C=O) groups is 1. The standard InChI is InChI=1S/C9H6N2O2.C2H3N3/c12-9(13)8-3-7-5-10-4-6(7)1-2-11-8;1-2-4-5-3-1/h1-5H,(H,12,13);1-2H,(H,3,4,5). The molecule has 90 valence electrons. The summed E-state index contributed by atoms with van der Waals surface area (Å²) in [6.45, 7) is 0. The van der Waals surface area contributed by atoms with E-state index in [9.17, 15) is 4.79 Å². The first-order valence-electron chi connectivity index (χ1n) is 5.00. The Morgan fingerprint density at radius 2 is 1.83 bits per heavy atom. The van der Waals surface area contributed by atoms with Crippen molar-refractivity contribution in [2.45, 2.75) is 0 Å². The maximum Gasteiger partial charge on any atom is 0.354 e. The van der Waals surface area contributed by atoms with Crippen LogP contribution in [0.25, 0.3) is 11.1 Å². The number of aromatic carboxylic acids is 1. The van der Waals surface area contributed by atoms with Crippen molar-refractivity contribution in [3.63, 3.8) is 0 Å². The fourth-order valence-corrected chi connectivity index (χ4v) is 1.27. The molecule has 1 aromatic rings. The van der Waals surface area contributed by atoms with Crippen LogP contribution in [-0.4, -0.2) is 36.5 Å². The molecule has 0 saturated heterocycles. The molecule has 2 N–H and O–H groups in total. The maximum atomic E-state index is 10.6. The van der Waals surface area contributed by atoms with E-state index in [1.165, 1.54) is 12.3 Å². The van der Waals surface area contributed by atoms with Gasteiger partial charge in [-0.1, -0.05) is 0 Å². The van der Waals surface area contributed by atoms with Gasteiger partial charge in [-0.15, -0.1) is 0 Å². The molecule has 3 heterocycles. The van der Waals surface area contributed by atoms with E-state index in [1.54, 1.807) is 30.9 Å². The van der Waals surface area contributed by atoms with Crippen LogP contribution >= 0.6 is 0 Å². The van der Waals surface area contributed by atoms with Crippen LogP contribution in [0.15, 0.2) is 43.1 Å². The number of nitrogens with one attached hydrogen (secondary N) is 1. The van der Waals surface area contributed by atoms with Gasteiger partial charge in [-0.05, 0) is 12.1 Å². The molecule has 2 aliphatic rings. The lowest BCUT2D eigenvalue weighted by atomic mass is 10.2. The van der Waals surface area contributed by atoms with Gasteiger partial charge < -0.3 is 5.11 Å². The van der Waals surface area contributed by atoms with Crippen LogP contribution in [0.2, 0.25) is 0 Å². The molecule has 0 amide bonds. The SMILES string of the molecule is O=C(O)c1cc2cncc-2ccn1.c1cn[nH]n1. The van der Waals surface area contributed by atoms with E-state index in [2.05, 4.69) is 25.4 Å². The molecule has 0 aliphatic carbocycles. The maximum absolute atomic E-state index is 10.6. The summed E-state index contributed by atoms with van der Waals surface area (Å²) in [5.41, 5.74) is 1.71. The van der Waals surface area contributed by atoms with Crippen molar-refractivity contribution in [2.75, 3.05) is 0 Å². The lowest BCUT2D eigenvalue weighted by molar-refractivity contribution is 0.0691. The minimum absolute atomic E-state index is 0.0306. The predicted molar refractivity (Wildman–Crippen MR) is 62.0 cm³/mol. The van der Waals surface area contributed by atoms with Crippen molar-refractivity contribution in [1.82, 2.24) is 25.4 Å². The van der Waals surface area contributed by atoms with Crippen molar-refractivity contribution < 1.29 is 9.90 Å². The summed E-state index contributed by atoms with van der Waals surface area (Å²) in [7, 11) is 0. The first-order chi connectivity index (χ1) is 8.77. The van der Waals surface area contributed by atoms with Gasteiger partial charge in [0.25, 0.3) is 0 Å². The van der Waals surface area contributed by atoms with E-state index in [1.807, 2.05) is 0 Å². The Balaban J connectivity index is 0.000000202. The summed E-state index contributed by atoms with van der Waals surface area (Å²) in [4.78, 5) is 18.3. The average Bonchev–Trinajstić information content (AvgIpc) is 3.01. The number of aromatic amines is 1. The van der Waals surface area contributed by atoms with Crippen LogP contribution < -0.4 is 0 Å². The van der Waals surface area contributed by atoms with Gasteiger partial charge in [0.2, 0.25) is 0 Å². The van der Waals surface area contributed by atoms with Crippen molar-refractivity contribution in [2.24, 2.45) is 0 Å². The number of H-pyrrole nitrogens is 1. The number of hydrogen-bond donors (Lipinski definition) is 2. The zero-order valence-corrected chi connectivity index (χ0v) is 9.19. The monoisotopic (exact) mass is 243 g/mol. The molecule has 1 aromatic heterocycles. The zero-order chi connectivity index (χ0) is 12.8. The highest BCUT2D eigenvalue weighted by Gasteiger charge is 2.06. The van der Waals surface area contributed by atoms with Crippen LogP contribution in [0.4, 0.5) is 0 Å². The number of nitrogens with zero attached hydrogens (tertiary/aromatic N) is 4. The summed E-state index contributed by atoms with van der Waals surface area (Å²) >= 11 is 0. The summed E-state index contributed by atoms with van der Waals surface area (Å²) in [5.74, 6) is -1.03. The number of rotatable bonds is 1. The quantitative estimate of drug-likeness (QED) is 0.662. The Kier molecular flexibility index (Phi) is 3.55. The van der Waals surface area contributed by atoms with E-state index < -0.39 is 5.97 Å². The summed E-state index contributed by atoms with van der Waals surface area (Å²) < 4.78 is 0. The lowest BCUT2D eigenvalue weighted by Gasteiger charge is -1.87. The number of hydrogen-bond acceptors (Lipinski definition) is 5. The third-order valence-corrected chi connectivity index (χ3v) is 2.07. The topological polar surface area (TPSA) is 105 Å². The van der Waals surface area contributed by atoms with Crippen LogP contribution in [0.1, 0.15) is 10.5 Å². The minimum Gasteiger partial charge on any atom is -0.477 e. The highest BCUT2D eigenvalue weighted by molar-refractivity contribution is 5.86. The number of aromatic nitrogens is 5. The van der Waals surface area contributed by atoms with Crippen LogP contribution in [0, 0.1) is 0 Å². The Morgan fingerprint density at radius 1 is 1.11 bits per heavy atom. The van der Waals surface area contributed by atoms with Crippen LogP contribution in [-0.2, 0) is 0 Å². The number of carboxylic acids is 1. The molecule has 7 nitrogen and oxygen atoms in total. The van der Waals surface area contributed by atoms with Gasteiger partial charge in [0.05, 0.1) is 12.4 Å². The van der Waals surface area contributed by atoms with Gasteiger partial charge in [0.1, 0.15) is 5.69 Å². The third kappa shape index (κ3) is 2.85. The molecule has 0 bridgehead atoms. The molecule has 0 fully saturated rings. The van der Waals surface area contributed by atoms with Crippen LogP contribution in [0.3, 0.4) is 0 Å². The molecule has 0 radical (unpaired) electrons. The van der Waals surface area contributed by atoms with E-state index in [4.69, 9.17) is 5.11 Å². The number of fused-ring (bicyclic) bond motifs is 1. The van der Waals surface area contributed by atoms with Gasteiger partial charge in [-0.2, -0.15) is 15.4 Å². The van der Waals surface area contributed by atoms with Gasteiger partial charge >= 0.3 is 5.97 Å². The van der Waals surface area contributed by atoms with Gasteiger partial charge in [0, 0.05) is 29.7 Å². The Labute approximate surface area is 102 Å². The highest BCUT2D eigenvalue weighted by Crippen LogP contribution is 2.19. The second-order valence-corrected chi connectivity index (χ2v) is 3.25. The second kappa shape index (κ2) is 5.48. The minimum atomic E-state index is -1.03. The van der Waals surface area contributed by atoms with Gasteiger partial charge in [0.15, 0.2) is 0 Å². The largest absolute Gasteiger partial charge is 0.477 e. The predicted octanol–water partition coefficient (Wildman–Crippen LogP) is 1.08. The number of carboxylic acid groups (broad SMARTS) is 1. The highest BCUT2D eigenvalue weighted by atomic mass is 16.4. The fraction of sp³-hybridized carbons (Fsp3) is 0. The molecule has 0 unspecified atom stereocenters. The Morgan fingerprint density at radius 3 is 2.44 bits per heavy atom. The Hall–Kier alpha value is -2.83. The van der Waals surface area contributed by atoms with Crippen molar-refractivity contribution in [1.29, 1.82) is 0 Å². The molecule has 0 atom stereocenters. The van der Waals surface area contributed by atoms with Crippen LogP contribution in [0.5, 0.6) is 0 Å². The van der Waals surface area contributed by atoms with Gasteiger partial charge in [-0.3, -0.25) is 4.98 Å². The van der Waals surface area contributed by atoms with E-state index in [0.717, 1.165) is 11.1 Å². The summed E-state index contributed by atoms with van der Waals surface area (Å²) in [6.07, 6.45) is 7.92.